The van der Waals surface area contributed by atoms with Gasteiger partial charge in [0.25, 0.3) is 0 Å². The minimum absolute atomic E-state index is 0.322. The summed E-state index contributed by atoms with van der Waals surface area (Å²) in [5.41, 5.74) is 3.40. The van der Waals surface area contributed by atoms with Gasteiger partial charge in [0.15, 0.2) is 0 Å². The number of methoxy groups -OCH3 is 2. The van der Waals surface area contributed by atoms with Crippen LogP contribution >= 0.6 is 11.6 Å². The third-order valence-corrected chi connectivity index (χ3v) is 5.57. The summed E-state index contributed by atoms with van der Waals surface area (Å²) in [5, 5.41) is 10.3. The molecule has 0 fully saturated rings. The Bertz CT molecular complexity index is 980. The standard InChI is InChI=1S/C28H29ClO4/c1-31-26-15-11-23(12-16-26)28(22-8-4-3-5-9-22,24-13-17-27(32-2)18-14-24)33-21-19-25(30)10-6-7-20-29/h3-18,20,25,30H,19,21H2,1-2H3/b10-6+,20-7+/t25-/m0/s1. The van der Waals surface area contributed by atoms with Gasteiger partial charge in [0.05, 0.1) is 26.9 Å². The zero-order valence-electron chi connectivity index (χ0n) is 18.9. The third-order valence-electron chi connectivity index (χ3n) is 5.42. The molecule has 1 N–H and O–H groups in total. The number of aliphatic hydroxyl groups excluding tert-OH is 1. The molecule has 3 aromatic rings. The van der Waals surface area contributed by atoms with Crippen molar-refractivity contribution in [3.63, 3.8) is 0 Å². The monoisotopic (exact) mass is 464 g/mol. The number of halogens is 1. The van der Waals surface area contributed by atoms with E-state index in [1.807, 2.05) is 66.7 Å². The zero-order chi connectivity index (χ0) is 23.5. The molecule has 0 aliphatic rings. The molecule has 172 valence electrons. The van der Waals surface area contributed by atoms with E-state index in [0.29, 0.717) is 13.0 Å². The molecule has 0 aromatic heterocycles. The van der Waals surface area contributed by atoms with Crippen molar-refractivity contribution < 1.29 is 19.3 Å². The predicted molar refractivity (Wildman–Crippen MR) is 133 cm³/mol. The first-order chi connectivity index (χ1) is 16.1. The molecule has 1 atom stereocenters. The van der Waals surface area contributed by atoms with Crippen LogP contribution in [0.15, 0.2) is 103 Å². The Labute approximate surface area is 200 Å². The van der Waals surface area contributed by atoms with E-state index in [1.54, 1.807) is 32.4 Å². The average molecular weight is 465 g/mol. The molecule has 0 amide bonds. The molecule has 0 spiro atoms. The maximum atomic E-state index is 10.3. The number of aliphatic hydroxyl groups is 1. The van der Waals surface area contributed by atoms with Crippen LogP contribution in [0.25, 0.3) is 0 Å². The van der Waals surface area contributed by atoms with E-state index in [1.165, 1.54) is 5.54 Å². The van der Waals surface area contributed by atoms with Gasteiger partial charge in [-0.2, -0.15) is 0 Å². The lowest BCUT2D eigenvalue weighted by Crippen LogP contribution is -2.34. The lowest BCUT2D eigenvalue weighted by molar-refractivity contribution is -0.000100. The fourth-order valence-electron chi connectivity index (χ4n) is 3.74. The van der Waals surface area contributed by atoms with Crippen LogP contribution in [0.5, 0.6) is 11.5 Å². The molecule has 0 saturated heterocycles. The first-order valence-corrected chi connectivity index (χ1v) is 11.2. The van der Waals surface area contributed by atoms with Gasteiger partial charge in [-0.05, 0) is 41.0 Å². The molecule has 4 nitrogen and oxygen atoms in total. The Morgan fingerprint density at radius 3 is 1.79 bits per heavy atom. The molecule has 0 aliphatic heterocycles. The normalized spacial score (nSPS) is 12.8. The van der Waals surface area contributed by atoms with Gasteiger partial charge >= 0.3 is 0 Å². The highest BCUT2D eigenvalue weighted by molar-refractivity contribution is 6.25. The van der Waals surface area contributed by atoms with Gasteiger partial charge in [0, 0.05) is 12.0 Å². The summed E-state index contributed by atoms with van der Waals surface area (Å²) in [6.07, 6.45) is 4.84. The molecule has 0 aliphatic carbocycles. The highest BCUT2D eigenvalue weighted by Gasteiger charge is 2.37. The lowest BCUT2D eigenvalue weighted by atomic mass is 9.80. The number of hydrogen-bond acceptors (Lipinski definition) is 4. The minimum Gasteiger partial charge on any atom is -0.497 e. The highest BCUT2D eigenvalue weighted by atomic mass is 35.5. The number of allylic oxidation sites excluding steroid dienone is 2. The largest absolute Gasteiger partial charge is 0.497 e. The smallest absolute Gasteiger partial charge is 0.143 e. The van der Waals surface area contributed by atoms with E-state index in [9.17, 15) is 5.11 Å². The Kier molecular flexibility index (Phi) is 9.14. The second kappa shape index (κ2) is 12.3. The van der Waals surface area contributed by atoms with Crippen LogP contribution in [-0.2, 0) is 10.3 Å². The van der Waals surface area contributed by atoms with Crippen LogP contribution in [0.4, 0.5) is 0 Å². The summed E-state index contributed by atoms with van der Waals surface area (Å²) >= 11 is 5.54. The molecule has 3 rings (SSSR count). The number of hydrogen-bond donors (Lipinski definition) is 1. The maximum absolute atomic E-state index is 10.3. The van der Waals surface area contributed by atoms with Crippen molar-refractivity contribution in [3.05, 3.63) is 119 Å². The molecule has 3 aromatic carbocycles. The Morgan fingerprint density at radius 1 is 0.788 bits per heavy atom. The first kappa shape index (κ1) is 24.6. The van der Waals surface area contributed by atoms with E-state index < -0.39 is 11.7 Å². The zero-order valence-corrected chi connectivity index (χ0v) is 19.6. The number of rotatable bonds is 11. The molecule has 0 radical (unpaired) electrons. The predicted octanol–water partition coefficient (Wildman–Crippen LogP) is 6.07. The molecular formula is C28H29ClO4. The molecular weight excluding hydrogens is 436 g/mol. The Hall–Kier alpha value is -3.05. The van der Waals surface area contributed by atoms with Crippen molar-refractivity contribution in [1.29, 1.82) is 0 Å². The summed E-state index contributed by atoms with van der Waals surface area (Å²) in [7, 11) is 3.29. The number of ether oxygens (including phenoxy) is 3. The van der Waals surface area contributed by atoms with Crippen LogP contribution in [0.2, 0.25) is 0 Å². The molecule has 33 heavy (non-hydrogen) atoms. The van der Waals surface area contributed by atoms with E-state index in [4.69, 9.17) is 25.8 Å². The van der Waals surface area contributed by atoms with Crippen molar-refractivity contribution in [2.75, 3.05) is 20.8 Å². The SMILES string of the molecule is COc1ccc(C(OCC[C@@H](O)/C=C/C=C/Cl)(c2ccccc2)c2ccc(OC)cc2)cc1. The van der Waals surface area contributed by atoms with Crippen LogP contribution in [0, 0.1) is 0 Å². The fraction of sp³-hybridized carbons (Fsp3) is 0.214. The van der Waals surface area contributed by atoms with Crippen molar-refractivity contribution in [1.82, 2.24) is 0 Å². The Morgan fingerprint density at radius 2 is 1.30 bits per heavy atom. The molecule has 0 heterocycles. The summed E-state index contributed by atoms with van der Waals surface area (Å²) in [6, 6.07) is 25.8. The van der Waals surface area contributed by atoms with E-state index in [-0.39, 0.29) is 0 Å². The summed E-state index contributed by atoms with van der Waals surface area (Å²) in [4.78, 5) is 0. The maximum Gasteiger partial charge on any atom is 0.143 e. The van der Waals surface area contributed by atoms with Crippen LogP contribution < -0.4 is 9.47 Å². The molecule has 0 bridgehead atoms. The second-order valence-electron chi connectivity index (χ2n) is 7.41. The van der Waals surface area contributed by atoms with E-state index in [0.717, 1.165) is 28.2 Å². The minimum atomic E-state index is -0.890. The van der Waals surface area contributed by atoms with Gasteiger partial charge in [-0.3, -0.25) is 0 Å². The fourth-order valence-corrected chi connectivity index (χ4v) is 3.82. The van der Waals surface area contributed by atoms with Crippen LogP contribution in [0.1, 0.15) is 23.1 Å². The average Bonchev–Trinajstić information content (AvgIpc) is 2.88. The third kappa shape index (κ3) is 6.05. The summed E-state index contributed by atoms with van der Waals surface area (Å²) in [5.74, 6) is 1.53. The quantitative estimate of drug-likeness (QED) is 0.276. The van der Waals surface area contributed by atoms with E-state index >= 15 is 0 Å². The van der Waals surface area contributed by atoms with Gasteiger partial charge in [0.2, 0.25) is 0 Å². The van der Waals surface area contributed by atoms with Gasteiger partial charge in [-0.25, -0.2) is 0 Å². The van der Waals surface area contributed by atoms with E-state index in [2.05, 4.69) is 12.1 Å². The van der Waals surface area contributed by atoms with Crippen molar-refractivity contribution >= 4 is 11.6 Å². The molecule has 0 saturated carbocycles. The number of benzene rings is 3. The van der Waals surface area contributed by atoms with Crippen molar-refractivity contribution in [3.8, 4) is 11.5 Å². The first-order valence-electron chi connectivity index (χ1n) is 10.7. The second-order valence-corrected chi connectivity index (χ2v) is 7.66. The van der Waals surface area contributed by atoms with Crippen LogP contribution in [-0.4, -0.2) is 32.0 Å². The highest BCUT2D eigenvalue weighted by Crippen LogP contribution is 2.41. The topological polar surface area (TPSA) is 47.9 Å². The van der Waals surface area contributed by atoms with Gasteiger partial charge in [0.1, 0.15) is 17.1 Å². The molecule has 5 heteroatoms. The van der Waals surface area contributed by atoms with Crippen molar-refractivity contribution in [2.24, 2.45) is 0 Å². The van der Waals surface area contributed by atoms with Gasteiger partial charge in [-0.15, -0.1) is 0 Å². The van der Waals surface area contributed by atoms with Crippen molar-refractivity contribution in [2.45, 2.75) is 18.1 Å². The summed E-state index contributed by atoms with van der Waals surface area (Å²) < 4.78 is 17.4. The van der Waals surface area contributed by atoms with Gasteiger partial charge in [-0.1, -0.05) is 84.4 Å². The summed E-state index contributed by atoms with van der Waals surface area (Å²) in [6.45, 7) is 0.322. The molecule has 0 unspecified atom stereocenters. The van der Waals surface area contributed by atoms with Crippen LogP contribution in [0.3, 0.4) is 0 Å². The van der Waals surface area contributed by atoms with Gasteiger partial charge < -0.3 is 19.3 Å². The lowest BCUT2D eigenvalue weighted by Gasteiger charge is -2.36. The Balaban J connectivity index is 2.06.